The SMILES string of the molecule is Cc1nnc(C(C)(C)NC(=O)C2[C@H]3CNC[C@@H]23)c2ccccc12. The van der Waals surface area contributed by atoms with Crippen molar-refractivity contribution in [1.29, 1.82) is 0 Å². The molecular weight excluding hydrogens is 288 g/mol. The minimum Gasteiger partial charge on any atom is -0.345 e. The van der Waals surface area contributed by atoms with E-state index in [1.165, 1.54) is 0 Å². The van der Waals surface area contributed by atoms with Crippen LogP contribution in [0.1, 0.15) is 25.2 Å². The summed E-state index contributed by atoms with van der Waals surface area (Å²) in [5, 5.41) is 17.4. The summed E-state index contributed by atoms with van der Waals surface area (Å²) in [6.07, 6.45) is 0. The number of nitrogens with zero attached hydrogens (tertiary/aromatic N) is 2. The minimum absolute atomic E-state index is 0.151. The molecule has 2 heterocycles. The molecule has 0 bridgehead atoms. The van der Waals surface area contributed by atoms with E-state index in [-0.39, 0.29) is 11.8 Å². The van der Waals surface area contributed by atoms with Gasteiger partial charge in [-0.05, 0) is 45.7 Å². The highest BCUT2D eigenvalue weighted by atomic mass is 16.2. The molecule has 1 saturated carbocycles. The maximum Gasteiger partial charge on any atom is 0.224 e. The highest BCUT2D eigenvalue weighted by Crippen LogP contribution is 2.49. The predicted molar refractivity (Wildman–Crippen MR) is 88.8 cm³/mol. The fourth-order valence-electron chi connectivity index (χ4n) is 3.96. The first-order valence-corrected chi connectivity index (χ1v) is 8.24. The number of amides is 1. The molecule has 1 saturated heterocycles. The van der Waals surface area contributed by atoms with Crippen LogP contribution in [0.4, 0.5) is 0 Å². The zero-order valence-electron chi connectivity index (χ0n) is 13.8. The molecule has 1 aromatic carbocycles. The van der Waals surface area contributed by atoms with Gasteiger partial charge >= 0.3 is 0 Å². The zero-order chi connectivity index (χ0) is 16.2. The predicted octanol–water partition coefficient (Wildman–Crippen LogP) is 1.75. The van der Waals surface area contributed by atoms with Crippen molar-refractivity contribution in [2.45, 2.75) is 26.3 Å². The van der Waals surface area contributed by atoms with Gasteiger partial charge in [0.25, 0.3) is 0 Å². The molecule has 2 aromatic rings. The van der Waals surface area contributed by atoms with Crippen LogP contribution in [0.25, 0.3) is 10.8 Å². The topological polar surface area (TPSA) is 66.9 Å². The Hall–Kier alpha value is -2.01. The van der Waals surface area contributed by atoms with Crippen LogP contribution in [0, 0.1) is 24.7 Å². The van der Waals surface area contributed by atoms with E-state index in [0.717, 1.165) is 35.2 Å². The third-order valence-corrected chi connectivity index (χ3v) is 5.29. The number of carbonyl (C=O) groups excluding carboxylic acids is 1. The normalized spacial score (nSPS) is 26.1. The monoisotopic (exact) mass is 310 g/mol. The molecule has 1 unspecified atom stereocenters. The van der Waals surface area contributed by atoms with Gasteiger partial charge in [-0.25, -0.2) is 0 Å². The van der Waals surface area contributed by atoms with Gasteiger partial charge in [-0.1, -0.05) is 24.3 Å². The fourth-order valence-corrected chi connectivity index (χ4v) is 3.96. The molecule has 5 heteroatoms. The van der Waals surface area contributed by atoms with E-state index in [2.05, 4.69) is 33.0 Å². The van der Waals surface area contributed by atoms with Gasteiger partial charge in [0.2, 0.25) is 5.91 Å². The van der Waals surface area contributed by atoms with Crippen LogP contribution in [0.3, 0.4) is 0 Å². The molecular formula is C18H22N4O. The van der Waals surface area contributed by atoms with Crippen LogP contribution < -0.4 is 10.6 Å². The van der Waals surface area contributed by atoms with E-state index < -0.39 is 5.54 Å². The smallest absolute Gasteiger partial charge is 0.224 e. The lowest BCUT2D eigenvalue weighted by Gasteiger charge is -2.27. The van der Waals surface area contributed by atoms with Gasteiger partial charge in [0.05, 0.1) is 16.9 Å². The fraction of sp³-hybridized carbons (Fsp3) is 0.500. The lowest BCUT2D eigenvalue weighted by molar-refractivity contribution is -0.124. The molecule has 1 aliphatic carbocycles. The maximum absolute atomic E-state index is 12.6. The number of nitrogens with one attached hydrogen (secondary N) is 2. The van der Waals surface area contributed by atoms with E-state index in [1.807, 2.05) is 32.9 Å². The molecule has 1 aliphatic heterocycles. The second kappa shape index (κ2) is 4.99. The summed E-state index contributed by atoms with van der Waals surface area (Å²) in [6.45, 7) is 7.91. The van der Waals surface area contributed by atoms with Crippen molar-refractivity contribution in [3.05, 3.63) is 35.7 Å². The van der Waals surface area contributed by atoms with Crippen molar-refractivity contribution in [3.8, 4) is 0 Å². The highest BCUT2D eigenvalue weighted by molar-refractivity contribution is 5.88. The Labute approximate surface area is 135 Å². The van der Waals surface area contributed by atoms with Crippen molar-refractivity contribution < 1.29 is 4.79 Å². The van der Waals surface area contributed by atoms with Crippen molar-refractivity contribution in [3.63, 3.8) is 0 Å². The summed E-state index contributed by atoms with van der Waals surface area (Å²) < 4.78 is 0. The number of hydrogen-bond donors (Lipinski definition) is 2. The van der Waals surface area contributed by atoms with Gasteiger partial charge < -0.3 is 10.6 Å². The van der Waals surface area contributed by atoms with E-state index in [0.29, 0.717) is 11.8 Å². The third kappa shape index (κ3) is 2.30. The Morgan fingerprint density at radius 1 is 1.17 bits per heavy atom. The molecule has 4 rings (SSSR count). The number of rotatable bonds is 3. The Bertz CT molecular complexity index is 776. The van der Waals surface area contributed by atoms with Crippen LogP contribution >= 0.6 is 0 Å². The average Bonchev–Trinajstić information content (AvgIpc) is 3.01. The summed E-state index contributed by atoms with van der Waals surface area (Å²) in [7, 11) is 0. The van der Waals surface area contributed by atoms with Gasteiger partial charge in [-0.3, -0.25) is 4.79 Å². The number of aryl methyl sites for hydroxylation is 1. The Morgan fingerprint density at radius 2 is 1.83 bits per heavy atom. The highest BCUT2D eigenvalue weighted by Gasteiger charge is 2.57. The zero-order valence-corrected chi connectivity index (χ0v) is 13.8. The first-order chi connectivity index (χ1) is 11.0. The van der Waals surface area contributed by atoms with Crippen molar-refractivity contribution in [2.75, 3.05) is 13.1 Å². The molecule has 0 radical (unpaired) electrons. The van der Waals surface area contributed by atoms with Gasteiger partial charge in [0.15, 0.2) is 0 Å². The van der Waals surface area contributed by atoms with Crippen molar-refractivity contribution in [2.24, 2.45) is 17.8 Å². The van der Waals surface area contributed by atoms with Crippen molar-refractivity contribution in [1.82, 2.24) is 20.8 Å². The van der Waals surface area contributed by atoms with E-state index >= 15 is 0 Å². The number of aromatic nitrogens is 2. The molecule has 23 heavy (non-hydrogen) atoms. The molecule has 2 aliphatic rings. The molecule has 1 aromatic heterocycles. The van der Waals surface area contributed by atoms with E-state index in [4.69, 9.17) is 0 Å². The van der Waals surface area contributed by atoms with Gasteiger partial charge in [0.1, 0.15) is 0 Å². The van der Waals surface area contributed by atoms with E-state index in [1.54, 1.807) is 0 Å². The maximum atomic E-state index is 12.6. The van der Waals surface area contributed by atoms with Gasteiger partial charge in [0, 0.05) is 16.7 Å². The Balaban J connectivity index is 1.64. The Kier molecular flexibility index (Phi) is 3.17. The molecule has 2 fully saturated rings. The lowest BCUT2D eigenvalue weighted by Crippen LogP contribution is -2.44. The molecule has 3 atom stereocenters. The summed E-state index contributed by atoms with van der Waals surface area (Å²) in [6, 6.07) is 8.11. The standard InChI is InChI=1S/C18H22N4O/c1-10-11-6-4-5-7-12(11)16(22-21-10)18(2,3)20-17(23)15-13-8-19-9-14(13)15/h4-7,13-15,19H,8-9H2,1-3H3,(H,20,23)/t13-,14+,15?. The summed E-state index contributed by atoms with van der Waals surface area (Å²) in [4.78, 5) is 12.6. The summed E-state index contributed by atoms with van der Waals surface area (Å²) in [5.74, 6) is 1.36. The van der Waals surface area contributed by atoms with Gasteiger partial charge in [-0.15, -0.1) is 0 Å². The van der Waals surface area contributed by atoms with Crippen LogP contribution in [0.15, 0.2) is 24.3 Å². The largest absolute Gasteiger partial charge is 0.345 e. The second-order valence-corrected chi connectivity index (χ2v) is 7.31. The number of carbonyl (C=O) groups is 1. The number of benzene rings is 1. The van der Waals surface area contributed by atoms with Gasteiger partial charge in [-0.2, -0.15) is 10.2 Å². The first kappa shape index (κ1) is 14.6. The molecule has 2 N–H and O–H groups in total. The Morgan fingerprint density at radius 3 is 2.52 bits per heavy atom. The minimum atomic E-state index is -0.540. The number of piperidine rings is 1. The third-order valence-electron chi connectivity index (χ3n) is 5.29. The van der Waals surface area contributed by atoms with Crippen LogP contribution in [0.5, 0.6) is 0 Å². The number of fused-ring (bicyclic) bond motifs is 2. The second-order valence-electron chi connectivity index (χ2n) is 7.31. The quantitative estimate of drug-likeness (QED) is 0.906. The van der Waals surface area contributed by atoms with Crippen molar-refractivity contribution >= 4 is 16.7 Å². The van der Waals surface area contributed by atoms with E-state index in [9.17, 15) is 4.79 Å². The summed E-state index contributed by atoms with van der Waals surface area (Å²) >= 11 is 0. The first-order valence-electron chi connectivity index (χ1n) is 8.24. The number of hydrogen-bond acceptors (Lipinski definition) is 4. The average molecular weight is 310 g/mol. The lowest BCUT2D eigenvalue weighted by atomic mass is 9.94. The summed E-state index contributed by atoms with van der Waals surface area (Å²) in [5.41, 5.74) is 1.20. The molecule has 5 nitrogen and oxygen atoms in total. The molecule has 1 amide bonds. The molecule has 120 valence electrons. The van der Waals surface area contributed by atoms with Crippen LogP contribution in [0.2, 0.25) is 0 Å². The van der Waals surface area contributed by atoms with Crippen LogP contribution in [-0.2, 0) is 10.3 Å². The molecule has 0 spiro atoms. The van der Waals surface area contributed by atoms with Crippen LogP contribution in [-0.4, -0.2) is 29.2 Å².